The Morgan fingerprint density at radius 2 is 2.20 bits per heavy atom. The van der Waals surface area contributed by atoms with E-state index in [2.05, 4.69) is 16.9 Å². The Morgan fingerprint density at radius 3 is 2.60 bits per heavy atom. The van der Waals surface area contributed by atoms with Gasteiger partial charge in [0.05, 0.1) is 6.20 Å². The van der Waals surface area contributed by atoms with Crippen LogP contribution < -0.4 is 0 Å². The molecule has 86 valence electrons. The highest BCUT2D eigenvalue weighted by molar-refractivity contribution is 5.85. The third kappa shape index (κ3) is 4.14. The molecule has 4 heteroatoms. The smallest absolute Gasteiger partial charge is 0.353 e. The SMILES string of the molecule is CC.CCCC(C)c1ncc(C(=O)O)[nH]1. The number of carbonyl (C=O) groups is 1. The summed E-state index contributed by atoms with van der Waals surface area (Å²) in [5.41, 5.74) is 0.165. The van der Waals surface area contributed by atoms with Gasteiger partial charge in [-0.1, -0.05) is 34.1 Å². The summed E-state index contributed by atoms with van der Waals surface area (Å²) in [6.07, 6.45) is 3.46. The molecule has 0 aromatic carbocycles. The number of aromatic carboxylic acids is 1. The number of hydrogen-bond donors (Lipinski definition) is 2. The minimum atomic E-state index is -0.956. The van der Waals surface area contributed by atoms with Gasteiger partial charge in [-0.2, -0.15) is 0 Å². The average Bonchev–Trinajstić information content (AvgIpc) is 2.70. The van der Waals surface area contributed by atoms with Crippen molar-refractivity contribution in [3.63, 3.8) is 0 Å². The highest BCUT2D eigenvalue weighted by atomic mass is 16.4. The molecule has 1 unspecified atom stereocenters. The van der Waals surface area contributed by atoms with Crippen LogP contribution in [0, 0.1) is 0 Å². The summed E-state index contributed by atoms with van der Waals surface area (Å²) in [4.78, 5) is 17.3. The van der Waals surface area contributed by atoms with E-state index in [9.17, 15) is 4.79 Å². The van der Waals surface area contributed by atoms with E-state index in [4.69, 9.17) is 5.11 Å². The van der Waals surface area contributed by atoms with Crippen LogP contribution in [0.2, 0.25) is 0 Å². The maximum Gasteiger partial charge on any atom is 0.353 e. The van der Waals surface area contributed by atoms with Gasteiger partial charge in [0.25, 0.3) is 0 Å². The van der Waals surface area contributed by atoms with Gasteiger partial charge in [-0.25, -0.2) is 9.78 Å². The molecule has 1 atom stereocenters. The van der Waals surface area contributed by atoms with E-state index in [0.29, 0.717) is 5.92 Å². The summed E-state index contributed by atoms with van der Waals surface area (Å²) in [5, 5.41) is 8.64. The molecule has 15 heavy (non-hydrogen) atoms. The molecule has 0 fully saturated rings. The molecule has 0 saturated heterocycles. The minimum absolute atomic E-state index is 0.165. The van der Waals surface area contributed by atoms with E-state index >= 15 is 0 Å². The molecule has 0 aliphatic carbocycles. The molecule has 1 aromatic rings. The van der Waals surface area contributed by atoms with Crippen molar-refractivity contribution < 1.29 is 9.90 Å². The van der Waals surface area contributed by atoms with E-state index < -0.39 is 5.97 Å². The lowest BCUT2D eigenvalue weighted by Crippen LogP contribution is -1.99. The Hall–Kier alpha value is -1.32. The number of imidazole rings is 1. The van der Waals surface area contributed by atoms with Gasteiger partial charge in [0.2, 0.25) is 0 Å². The van der Waals surface area contributed by atoms with Crippen LogP contribution in [0.25, 0.3) is 0 Å². The molecule has 0 saturated carbocycles. The first-order valence-corrected chi connectivity index (χ1v) is 5.43. The van der Waals surface area contributed by atoms with Crippen molar-refractivity contribution in [2.75, 3.05) is 0 Å². The molecule has 0 radical (unpaired) electrons. The monoisotopic (exact) mass is 212 g/mol. The minimum Gasteiger partial charge on any atom is -0.477 e. The second-order valence-corrected chi connectivity index (χ2v) is 3.18. The summed E-state index contributed by atoms with van der Waals surface area (Å²) < 4.78 is 0. The van der Waals surface area contributed by atoms with E-state index in [-0.39, 0.29) is 5.69 Å². The molecule has 0 aliphatic heterocycles. The van der Waals surface area contributed by atoms with Crippen molar-refractivity contribution in [3.8, 4) is 0 Å². The van der Waals surface area contributed by atoms with Crippen LogP contribution in [0.15, 0.2) is 6.20 Å². The van der Waals surface area contributed by atoms with Crippen LogP contribution in [0.4, 0.5) is 0 Å². The highest BCUT2D eigenvalue weighted by Crippen LogP contribution is 2.16. The molecular formula is C11H20N2O2. The number of aromatic amines is 1. The Bertz CT molecular complexity index is 295. The zero-order valence-corrected chi connectivity index (χ0v) is 9.87. The summed E-state index contributed by atoms with van der Waals surface area (Å²) in [6.45, 7) is 8.13. The van der Waals surface area contributed by atoms with Crippen molar-refractivity contribution >= 4 is 5.97 Å². The van der Waals surface area contributed by atoms with Crippen LogP contribution >= 0.6 is 0 Å². The molecule has 1 aromatic heterocycles. The first kappa shape index (κ1) is 13.7. The second kappa shape index (κ2) is 7.04. The fourth-order valence-electron chi connectivity index (χ4n) is 1.27. The fraction of sp³-hybridized carbons (Fsp3) is 0.636. The molecular weight excluding hydrogens is 192 g/mol. The largest absolute Gasteiger partial charge is 0.477 e. The van der Waals surface area contributed by atoms with E-state index in [1.165, 1.54) is 6.20 Å². The number of hydrogen-bond acceptors (Lipinski definition) is 2. The standard InChI is InChI=1S/C9H14N2O2.C2H6/c1-3-4-6(2)8-10-5-7(11-8)9(12)13;1-2/h5-6H,3-4H2,1-2H3,(H,10,11)(H,12,13);1-2H3. The van der Waals surface area contributed by atoms with Gasteiger partial charge in [-0.15, -0.1) is 0 Å². The van der Waals surface area contributed by atoms with Crippen LogP contribution in [0.1, 0.15) is 62.8 Å². The Balaban J connectivity index is 0.000000921. The third-order valence-corrected chi connectivity index (χ3v) is 2.01. The van der Waals surface area contributed by atoms with Crippen molar-refractivity contribution in [2.45, 2.75) is 46.5 Å². The number of aromatic nitrogens is 2. The second-order valence-electron chi connectivity index (χ2n) is 3.18. The van der Waals surface area contributed by atoms with Crippen molar-refractivity contribution in [1.82, 2.24) is 9.97 Å². The maximum absolute atomic E-state index is 10.5. The molecule has 4 nitrogen and oxygen atoms in total. The van der Waals surface area contributed by atoms with Crippen molar-refractivity contribution in [3.05, 3.63) is 17.7 Å². The van der Waals surface area contributed by atoms with E-state index in [1.54, 1.807) is 0 Å². The molecule has 0 amide bonds. The van der Waals surface area contributed by atoms with E-state index in [1.807, 2.05) is 20.8 Å². The van der Waals surface area contributed by atoms with Gasteiger partial charge in [0, 0.05) is 5.92 Å². The number of nitrogens with zero attached hydrogens (tertiary/aromatic N) is 1. The number of nitrogens with one attached hydrogen (secondary N) is 1. The normalized spacial score (nSPS) is 11.5. The number of rotatable bonds is 4. The lowest BCUT2D eigenvalue weighted by Gasteiger charge is -2.04. The summed E-state index contributed by atoms with van der Waals surface area (Å²) in [5.74, 6) is 0.111. The molecule has 1 rings (SSSR count). The van der Waals surface area contributed by atoms with Gasteiger partial charge < -0.3 is 10.1 Å². The first-order valence-electron chi connectivity index (χ1n) is 5.43. The van der Waals surface area contributed by atoms with Crippen molar-refractivity contribution in [2.24, 2.45) is 0 Å². The molecule has 0 aliphatic rings. The lowest BCUT2D eigenvalue weighted by molar-refractivity contribution is 0.0691. The topological polar surface area (TPSA) is 66.0 Å². The van der Waals surface area contributed by atoms with E-state index in [0.717, 1.165) is 18.7 Å². The Labute approximate surface area is 90.7 Å². The van der Waals surface area contributed by atoms with Crippen LogP contribution in [0.3, 0.4) is 0 Å². The van der Waals surface area contributed by atoms with Crippen LogP contribution in [-0.2, 0) is 0 Å². The van der Waals surface area contributed by atoms with Gasteiger partial charge >= 0.3 is 5.97 Å². The van der Waals surface area contributed by atoms with Gasteiger partial charge in [0.15, 0.2) is 0 Å². The van der Waals surface area contributed by atoms with Gasteiger partial charge in [-0.05, 0) is 6.42 Å². The highest BCUT2D eigenvalue weighted by Gasteiger charge is 2.11. The third-order valence-electron chi connectivity index (χ3n) is 2.01. The average molecular weight is 212 g/mol. The Kier molecular flexibility index (Phi) is 6.42. The predicted octanol–water partition coefficient (Wildman–Crippen LogP) is 3.04. The maximum atomic E-state index is 10.5. The Morgan fingerprint density at radius 1 is 1.60 bits per heavy atom. The number of H-pyrrole nitrogens is 1. The fourth-order valence-corrected chi connectivity index (χ4v) is 1.27. The lowest BCUT2D eigenvalue weighted by atomic mass is 10.1. The molecule has 1 heterocycles. The number of carboxylic acids is 1. The quantitative estimate of drug-likeness (QED) is 0.806. The zero-order valence-electron chi connectivity index (χ0n) is 9.87. The van der Waals surface area contributed by atoms with Crippen molar-refractivity contribution in [1.29, 1.82) is 0 Å². The van der Waals surface area contributed by atoms with Gasteiger partial charge in [-0.3, -0.25) is 0 Å². The summed E-state index contributed by atoms with van der Waals surface area (Å²) in [7, 11) is 0. The zero-order chi connectivity index (χ0) is 11.8. The molecule has 0 bridgehead atoms. The van der Waals surface area contributed by atoms with Crippen LogP contribution in [0.5, 0.6) is 0 Å². The predicted molar refractivity (Wildman–Crippen MR) is 60.2 cm³/mol. The number of carboxylic acid groups (broad SMARTS) is 1. The first-order chi connectivity index (χ1) is 7.15. The summed E-state index contributed by atoms with van der Waals surface area (Å²) >= 11 is 0. The summed E-state index contributed by atoms with van der Waals surface area (Å²) in [6, 6.07) is 0. The molecule has 0 spiro atoms. The van der Waals surface area contributed by atoms with Crippen LogP contribution in [-0.4, -0.2) is 21.0 Å². The molecule has 2 N–H and O–H groups in total. The van der Waals surface area contributed by atoms with Gasteiger partial charge in [0.1, 0.15) is 11.5 Å².